The molecule has 1 N–H and O–H groups in total. The first-order valence-corrected chi connectivity index (χ1v) is 9.11. The quantitative estimate of drug-likeness (QED) is 0.603. The van der Waals surface area contributed by atoms with Gasteiger partial charge in [-0.1, -0.05) is 0 Å². The first kappa shape index (κ1) is 14.5. The lowest BCUT2D eigenvalue weighted by Crippen LogP contribution is -2.11. The van der Waals surface area contributed by atoms with Gasteiger partial charge in [0.15, 0.2) is 0 Å². The molecule has 1 aliphatic rings. The van der Waals surface area contributed by atoms with E-state index in [1.54, 1.807) is 22.3 Å². The maximum absolute atomic E-state index is 12.6. The van der Waals surface area contributed by atoms with Crippen LogP contribution >= 0.6 is 11.3 Å². The van der Waals surface area contributed by atoms with Crippen molar-refractivity contribution in [2.24, 2.45) is 0 Å². The largest absolute Gasteiger partial charge is 0.306 e. The van der Waals surface area contributed by atoms with Gasteiger partial charge < -0.3 is 4.98 Å². The van der Waals surface area contributed by atoms with Crippen LogP contribution in [-0.2, 0) is 12.8 Å². The van der Waals surface area contributed by atoms with E-state index in [-0.39, 0.29) is 5.56 Å². The molecular formula is C18H15N5OS. The van der Waals surface area contributed by atoms with Gasteiger partial charge in [0, 0.05) is 10.4 Å². The smallest absolute Gasteiger partial charge is 0.260 e. The molecule has 1 aromatic carbocycles. The Morgan fingerprint density at radius 2 is 1.96 bits per heavy atom. The highest BCUT2D eigenvalue weighted by Crippen LogP contribution is 2.34. The van der Waals surface area contributed by atoms with Crippen molar-refractivity contribution < 1.29 is 0 Å². The number of rotatable bonds is 2. The molecule has 0 aliphatic heterocycles. The fourth-order valence-electron chi connectivity index (χ4n) is 3.41. The monoisotopic (exact) mass is 349 g/mol. The minimum Gasteiger partial charge on any atom is -0.306 e. The van der Waals surface area contributed by atoms with Crippen molar-refractivity contribution in [2.75, 3.05) is 0 Å². The van der Waals surface area contributed by atoms with E-state index in [1.165, 1.54) is 23.2 Å². The predicted octanol–water partition coefficient (Wildman–Crippen LogP) is 3.11. The van der Waals surface area contributed by atoms with Crippen molar-refractivity contribution in [3.8, 4) is 17.1 Å². The Bertz CT molecular complexity index is 1110. The van der Waals surface area contributed by atoms with Crippen LogP contribution in [0.25, 0.3) is 27.3 Å². The number of H-pyrrole nitrogens is 1. The van der Waals surface area contributed by atoms with Crippen molar-refractivity contribution >= 4 is 21.6 Å². The molecule has 5 rings (SSSR count). The number of thiophene rings is 1. The number of benzene rings is 1. The van der Waals surface area contributed by atoms with Crippen LogP contribution in [0.4, 0.5) is 0 Å². The zero-order valence-corrected chi connectivity index (χ0v) is 14.2. The number of hydrogen-bond acceptors (Lipinski definition) is 5. The van der Waals surface area contributed by atoms with Crippen LogP contribution in [0.15, 0.2) is 41.7 Å². The molecule has 7 heteroatoms. The molecule has 0 spiro atoms. The molecular weight excluding hydrogens is 334 g/mol. The fraction of sp³-hybridized carbons (Fsp3) is 0.222. The van der Waals surface area contributed by atoms with E-state index in [1.807, 2.05) is 24.3 Å². The van der Waals surface area contributed by atoms with E-state index in [2.05, 4.69) is 15.1 Å². The Kier molecular flexibility index (Phi) is 3.27. The summed E-state index contributed by atoms with van der Waals surface area (Å²) in [4.78, 5) is 26.5. The van der Waals surface area contributed by atoms with Crippen LogP contribution in [0.1, 0.15) is 23.3 Å². The minimum atomic E-state index is -0.0280. The van der Waals surface area contributed by atoms with Gasteiger partial charge >= 0.3 is 0 Å². The van der Waals surface area contributed by atoms with Crippen LogP contribution in [0.3, 0.4) is 0 Å². The van der Waals surface area contributed by atoms with E-state index >= 15 is 0 Å². The summed E-state index contributed by atoms with van der Waals surface area (Å²) in [7, 11) is 0. The maximum Gasteiger partial charge on any atom is 0.260 e. The lowest BCUT2D eigenvalue weighted by atomic mass is 9.97. The highest BCUT2D eigenvalue weighted by molar-refractivity contribution is 7.18. The van der Waals surface area contributed by atoms with Crippen LogP contribution in [0.2, 0.25) is 0 Å². The Balaban J connectivity index is 1.60. The topological polar surface area (TPSA) is 76.5 Å². The SMILES string of the molecule is O=c1[nH]c(-c2ccc(-n3cncn3)cc2)nc2sc3c(c12)CCCC3. The molecule has 0 bridgehead atoms. The molecule has 0 fully saturated rings. The molecule has 3 heterocycles. The molecule has 6 nitrogen and oxygen atoms in total. The van der Waals surface area contributed by atoms with E-state index in [4.69, 9.17) is 4.98 Å². The third kappa shape index (κ3) is 2.39. The van der Waals surface area contributed by atoms with Gasteiger partial charge in [-0.3, -0.25) is 4.79 Å². The summed E-state index contributed by atoms with van der Waals surface area (Å²) in [5.74, 6) is 0.612. The number of aromatic nitrogens is 5. The summed E-state index contributed by atoms with van der Waals surface area (Å²) in [6, 6.07) is 7.75. The van der Waals surface area contributed by atoms with Crippen LogP contribution in [0, 0.1) is 0 Å². The van der Waals surface area contributed by atoms with Crippen LogP contribution in [-0.4, -0.2) is 24.7 Å². The summed E-state index contributed by atoms with van der Waals surface area (Å²) in [5, 5.41) is 4.91. The summed E-state index contributed by atoms with van der Waals surface area (Å²) in [5.41, 5.74) is 2.98. The van der Waals surface area contributed by atoms with Gasteiger partial charge in [-0.2, -0.15) is 5.10 Å². The molecule has 0 amide bonds. The van der Waals surface area contributed by atoms with E-state index in [0.29, 0.717) is 5.82 Å². The standard InChI is InChI=1S/C18H15N5OS/c24-17-15-13-3-1-2-4-14(13)25-18(15)22-16(21-17)11-5-7-12(8-6-11)23-10-19-9-20-23/h5-10H,1-4H2,(H,21,22,24). The Labute approximate surface area is 147 Å². The summed E-state index contributed by atoms with van der Waals surface area (Å²) in [6.07, 6.45) is 7.57. The molecule has 0 atom stereocenters. The molecule has 0 saturated heterocycles. The van der Waals surface area contributed by atoms with Gasteiger partial charge in [-0.05, 0) is 55.5 Å². The highest BCUT2D eigenvalue weighted by Gasteiger charge is 2.20. The van der Waals surface area contributed by atoms with Gasteiger partial charge in [0.2, 0.25) is 0 Å². The average molecular weight is 349 g/mol. The average Bonchev–Trinajstić information content (AvgIpc) is 3.29. The molecule has 1 aliphatic carbocycles. The number of aryl methyl sites for hydroxylation is 2. The summed E-state index contributed by atoms with van der Waals surface area (Å²) in [6.45, 7) is 0. The Morgan fingerprint density at radius 3 is 2.76 bits per heavy atom. The second kappa shape index (κ2) is 5.63. The van der Waals surface area contributed by atoms with E-state index < -0.39 is 0 Å². The minimum absolute atomic E-state index is 0.0280. The molecule has 25 heavy (non-hydrogen) atoms. The van der Waals surface area contributed by atoms with Gasteiger partial charge in [0.25, 0.3) is 5.56 Å². The van der Waals surface area contributed by atoms with Crippen molar-refractivity contribution in [2.45, 2.75) is 25.7 Å². The molecule has 0 unspecified atom stereocenters. The summed E-state index contributed by atoms with van der Waals surface area (Å²) < 4.78 is 1.69. The predicted molar refractivity (Wildman–Crippen MR) is 97.2 cm³/mol. The van der Waals surface area contributed by atoms with Crippen LogP contribution < -0.4 is 5.56 Å². The molecule has 124 valence electrons. The van der Waals surface area contributed by atoms with Gasteiger partial charge in [0.1, 0.15) is 23.3 Å². The second-order valence-electron chi connectivity index (χ2n) is 6.19. The maximum atomic E-state index is 12.6. The lowest BCUT2D eigenvalue weighted by molar-refractivity contribution is 0.700. The van der Waals surface area contributed by atoms with Crippen molar-refractivity contribution in [3.63, 3.8) is 0 Å². The number of fused-ring (bicyclic) bond motifs is 3. The number of nitrogens with one attached hydrogen (secondary N) is 1. The lowest BCUT2D eigenvalue weighted by Gasteiger charge is -2.09. The molecule has 0 radical (unpaired) electrons. The third-order valence-corrected chi connectivity index (χ3v) is 5.83. The molecule has 0 saturated carbocycles. The number of nitrogens with zero attached hydrogens (tertiary/aromatic N) is 4. The van der Waals surface area contributed by atoms with Crippen molar-refractivity contribution in [1.82, 2.24) is 24.7 Å². The Morgan fingerprint density at radius 1 is 1.12 bits per heavy atom. The second-order valence-corrected chi connectivity index (χ2v) is 7.28. The third-order valence-electron chi connectivity index (χ3n) is 4.65. The Hall–Kier alpha value is -2.80. The van der Waals surface area contributed by atoms with Crippen molar-refractivity contribution in [3.05, 3.63) is 57.7 Å². The van der Waals surface area contributed by atoms with E-state index in [0.717, 1.165) is 40.7 Å². The van der Waals surface area contributed by atoms with Gasteiger partial charge in [0.05, 0.1) is 11.1 Å². The first-order valence-electron chi connectivity index (χ1n) is 8.29. The van der Waals surface area contributed by atoms with Gasteiger partial charge in [-0.25, -0.2) is 14.6 Å². The highest BCUT2D eigenvalue weighted by atomic mass is 32.1. The van der Waals surface area contributed by atoms with Crippen molar-refractivity contribution in [1.29, 1.82) is 0 Å². The molecule has 3 aromatic heterocycles. The number of aromatic amines is 1. The fourth-order valence-corrected chi connectivity index (χ4v) is 4.68. The van der Waals surface area contributed by atoms with Crippen LogP contribution in [0.5, 0.6) is 0 Å². The van der Waals surface area contributed by atoms with E-state index in [9.17, 15) is 4.79 Å². The summed E-state index contributed by atoms with van der Waals surface area (Å²) >= 11 is 1.67. The molecule has 4 aromatic rings. The number of hydrogen-bond donors (Lipinski definition) is 1. The zero-order valence-electron chi connectivity index (χ0n) is 13.4. The zero-order chi connectivity index (χ0) is 16.8. The van der Waals surface area contributed by atoms with Gasteiger partial charge in [-0.15, -0.1) is 11.3 Å². The normalized spacial score (nSPS) is 13.9. The first-order chi connectivity index (χ1) is 12.3.